The van der Waals surface area contributed by atoms with E-state index in [1.807, 2.05) is 13.8 Å². The minimum atomic E-state index is -0.465. The second-order valence-corrected chi connectivity index (χ2v) is 7.13. The lowest BCUT2D eigenvalue weighted by atomic mass is 9.99. The summed E-state index contributed by atoms with van der Waals surface area (Å²) in [6, 6.07) is 7.76. The zero-order valence-electron chi connectivity index (χ0n) is 17.3. The van der Waals surface area contributed by atoms with E-state index >= 15 is 0 Å². The maximum absolute atomic E-state index is 12.8. The van der Waals surface area contributed by atoms with E-state index in [0.29, 0.717) is 16.9 Å². The van der Waals surface area contributed by atoms with Gasteiger partial charge in [-0.25, -0.2) is 4.79 Å². The van der Waals surface area contributed by atoms with Crippen LogP contribution in [-0.4, -0.2) is 36.2 Å². The van der Waals surface area contributed by atoms with Crippen LogP contribution >= 0.6 is 0 Å². The Morgan fingerprint density at radius 1 is 1.07 bits per heavy atom. The van der Waals surface area contributed by atoms with E-state index < -0.39 is 5.97 Å². The van der Waals surface area contributed by atoms with Crippen molar-refractivity contribution in [2.45, 2.75) is 46.3 Å². The smallest absolute Gasteiger partial charge is 0.338 e. The van der Waals surface area contributed by atoms with E-state index in [-0.39, 0.29) is 47.2 Å². The third-order valence-corrected chi connectivity index (χ3v) is 4.03. The summed E-state index contributed by atoms with van der Waals surface area (Å²) in [5.74, 6) is -0.644. The topological polar surface area (TPSA) is 108 Å². The molecule has 0 bridgehead atoms. The van der Waals surface area contributed by atoms with Crippen LogP contribution in [-0.2, 0) is 11.2 Å². The normalized spacial score (nSPS) is 10.9. The molecule has 0 aliphatic rings. The minimum Gasteiger partial charge on any atom is -0.504 e. The van der Waals surface area contributed by atoms with Crippen molar-refractivity contribution >= 4 is 17.4 Å². The van der Waals surface area contributed by atoms with Crippen molar-refractivity contribution in [3.63, 3.8) is 0 Å². The molecule has 7 nitrogen and oxygen atoms in total. The van der Waals surface area contributed by atoms with Crippen molar-refractivity contribution in [3.05, 3.63) is 47.0 Å². The molecule has 0 fully saturated rings. The van der Waals surface area contributed by atoms with Crippen molar-refractivity contribution in [1.29, 1.82) is 0 Å². The van der Waals surface area contributed by atoms with Crippen LogP contribution < -0.4 is 15.2 Å². The molecule has 2 aromatic carbocycles. The van der Waals surface area contributed by atoms with Gasteiger partial charge in [-0.2, -0.15) is 0 Å². The average molecular weight is 401 g/mol. The summed E-state index contributed by atoms with van der Waals surface area (Å²) in [4.78, 5) is 25.0. The SMILES string of the molecule is COc1c(N)ccc(C(=O)Cc2ccc(C(=O)OC(C)C)cc2OC(C)C)c1O. The number of ether oxygens (including phenoxy) is 3. The highest BCUT2D eigenvalue weighted by Gasteiger charge is 2.21. The Morgan fingerprint density at radius 3 is 2.34 bits per heavy atom. The van der Waals surface area contributed by atoms with Crippen LogP contribution in [0.1, 0.15) is 54.0 Å². The first-order valence-electron chi connectivity index (χ1n) is 9.33. The van der Waals surface area contributed by atoms with Crippen molar-refractivity contribution in [1.82, 2.24) is 0 Å². The molecule has 156 valence electrons. The van der Waals surface area contributed by atoms with Crippen molar-refractivity contribution < 1.29 is 28.9 Å². The highest BCUT2D eigenvalue weighted by molar-refractivity contribution is 6.01. The number of ketones is 1. The van der Waals surface area contributed by atoms with Gasteiger partial charge in [-0.1, -0.05) is 6.07 Å². The predicted molar refractivity (Wildman–Crippen MR) is 110 cm³/mol. The molecule has 0 amide bonds. The van der Waals surface area contributed by atoms with Gasteiger partial charge in [0, 0.05) is 12.0 Å². The van der Waals surface area contributed by atoms with Crippen LogP contribution in [0.2, 0.25) is 0 Å². The number of carbonyl (C=O) groups excluding carboxylic acids is 2. The van der Waals surface area contributed by atoms with E-state index in [1.54, 1.807) is 32.0 Å². The number of nitrogens with two attached hydrogens (primary N) is 1. The number of aromatic hydroxyl groups is 1. The first-order valence-corrected chi connectivity index (χ1v) is 9.33. The number of hydrogen-bond acceptors (Lipinski definition) is 7. The Kier molecular flexibility index (Phi) is 7.09. The number of anilines is 1. The number of Topliss-reactive ketones (excluding diaryl/α,β-unsaturated/α-hetero) is 1. The third-order valence-electron chi connectivity index (χ3n) is 4.03. The van der Waals surface area contributed by atoms with Gasteiger partial charge < -0.3 is 25.1 Å². The van der Waals surface area contributed by atoms with E-state index in [0.717, 1.165) is 0 Å². The minimum absolute atomic E-state index is 0.0395. The molecule has 0 aliphatic carbocycles. The fraction of sp³-hybridized carbons (Fsp3) is 0.364. The van der Waals surface area contributed by atoms with Gasteiger partial charge in [-0.15, -0.1) is 0 Å². The number of rotatable bonds is 8. The molecule has 2 aromatic rings. The number of phenolic OH excluding ortho intramolecular Hbond substituents is 1. The summed E-state index contributed by atoms with van der Waals surface area (Å²) >= 11 is 0. The maximum Gasteiger partial charge on any atom is 0.338 e. The number of esters is 1. The Morgan fingerprint density at radius 2 is 1.76 bits per heavy atom. The van der Waals surface area contributed by atoms with Crippen LogP contribution in [0.25, 0.3) is 0 Å². The summed E-state index contributed by atoms with van der Waals surface area (Å²) in [5.41, 5.74) is 7.00. The molecule has 0 atom stereocenters. The van der Waals surface area contributed by atoms with Crippen molar-refractivity contribution in [3.8, 4) is 17.2 Å². The van der Waals surface area contributed by atoms with Gasteiger partial charge in [-0.3, -0.25) is 4.79 Å². The Balaban J connectivity index is 2.36. The van der Waals surface area contributed by atoms with Gasteiger partial charge in [0.1, 0.15) is 5.75 Å². The molecule has 0 aliphatic heterocycles. The standard InChI is InChI=1S/C22H27NO6/c1-12(2)28-19-11-15(22(26)29-13(3)4)7-6-14(19)10-18(24)16-8-9-17(23)21(27-5)20(16)25/h6-9,11-13,25H,10,23H2,1-5H3. The lowest BCUT2D eigenvalue weighted by Gasteiger charge is -2.16. The van der Waals surface area contributed by atoms with Gasteiger partial charge in [0.05, 0.1) is 36.1 Å². The molecule has 7 heteroatoms. The number of phenols is 1. The summed E-state index contributed by atoms with van der Waals surface area (Å²) in [6.07, 6.45) is -0.450. The Bertz CT molecular complexity index is 904. The Hall–Kier alpha value is -3.22. The van der Waals surface area contributed by atoms with Gasteiger partial charge in [0.15, 0.2) is 17.3 Å². The number of benzene rings is 2. The molecule has 3 N–H and O–H groups in total. The summed E-state index contributed by atoms with van der Waals surface area (Å²) < 4.78 is 16.1. The molecule has 29 heavy (non-hydrogen) atoms. The highest BCUT2D eigenvalue weighted by atomic mass is 16.5. The molecule has 0 unspecified atom stereocenters. The maximum atomic E-state index is 12.8. The van der Waals surface area contributed by atoms with Crippen LogP contribution in [0.5, 0.6) is 17.2 Å². The number of nitrogen functional groups attached to an aromatic ring is 1. The highest BCUT2D eigenvalue weighted by Crippen LogP contribution is 2.36. The second-order valence-electron chi connectivity index (χ2n) is 7.13. The van der Waals surface area contributed by atoms with E-state index in [9.17, 15) is 14.7 Å². The fourth-order valence-electron chi connectivity index (χ4n) is 2.77. The van der Waals surface area contributed by atoms with Gasteiger partial charge >= 0.3 is 5.97 Å². The molecule has 0 radical (unpaired) electrons. The first-order chi connectivity index (χ1) is 13.6. The fourth-order valence-corrected chi connectivity index (χ4v) is 2.77. The van der Waals surface area contributed by atoms with Crippen molar-refractivity contribution in [2.75, 3.05) is 12.8 Å². The molecular weight excluding hydrogens is 374 g/mol. The van der Waals surface area contributed by atoms with Crippen LogP contribution in [0.3, 0.4) is 0 Å². The van der Waals surface area contributed by atoms with Crippen LogP contribution in [0.4, 0.5) is 5.69 Å². The van der Waals surface area contributed by atoms with Gasteiger partial charge in [-0.05, 0) is 52.0 Å². The lowest BCUT2D eigenvalue weighted by Crippen LogP contribution is -2.14. The zero-order chi connectivity index (χ0) is 21.7. The molecule has 0 heterocycles. The van der Waals surface area contributed by atoms with E-state index in [4.69, 9.17) is 19.9 Å². The summed E-state index contributed by atoms with van der Waals surface area (Å²) in [5, 5.41) is 10.3. The zero-order valence-corrected chi connectivity index (χ0v) is 17.3. The summed E-state index contributed by atoms with van der Waals surface area (Å²) in [6.45, 7) is 7.23. The monoisotopic (exact) mass is 401 g/mol. The molecule has 0 aromatic heterocycles. The van der Waals surface area contributed by atoms with Crippen LogP contribution in [0, 0.1) is 0 Å². The summed E-state index contributed by atoms with van der Waals surface area (Å²) in [7, 11) is 1.36. The van der Waals surface area contributed by atoms with Gasteiger partial charge in [0.25, 0.3) is 0 Å². The number of carbonyl (C=O) groups is 2. The third kappa shape index (κ3) is 5.40. The predicted octanol–water partition coefficient (Wildman–Crippen LogP) is 3.76. The Labute approximate surface area is 170 Å². The van der Waals surface area contributed by atoms with Gasteiger partial charge in [0.2, 0.25) is 0 Å². The average Bonchev–Trinajstić information content (AvgIpc) is 2.62. The number of hydrogen-bond donors (Lipinski definition) is 2. The van der Waals surface area contributed by atoms with E-state index in [2.05, 4.69) is 0 Å². The molecule has 0 saturated carbocycles. The quantitative estimate of drug-likeness (QED) is 0.394. The van der Waals surface area contributed by atoms with Crippen molar-refractivity contribution in [2.24, 2.45) is 0 Å². The molecule has 0 spiro atoms. The largest absolute Gasteiger partial charge is 0.504 e. The molecular formula is C22H27NO6. The first kappa shape index (κ1) is 22.1. The van der Waals surface area contributed by atoms with Crippen LogP contribution in [0.15, 0.2) is 30.3 Å². The molecule has 2 rings (SSSR count). The lowest BCUT2D eigenvalue weighted by molar-refractivity contribution is 0.0377. The number of methoxy groups -OCH3 is 1. The molecule has 0 saturated heterocycles. The second kappa shape index (κ2) is 9.32. The van der Waals surface area contributed by atoms with E-state index in [1.165, 1.54) is 19.2 Å².